The second-order valence-electron chi connectivity index (χ2n) is 12.3. The minimum Gasteiger partial charge on any atom is -0.497 e. The molecule has 1 aliphatic heterocycles. The molecule has 1 N–H and O–H groups in total. The third-order valence-electron chi connectivity index (χ3n) is 8.02. The minimum atomic E-state index is -0.488. The summed E-state index contributed by atoms with van der Waals surface area (Å²) < 4.78 is 19.0. The van der Waals surface area contributed by atoms with Gasteiger partial charge in [0, 0.05) is 69.3 Å². The van der Waals surface area contributed by atoms with Gasteiger partial charge in [-0.3, -0.25) is 4.90 Å². The van der Waals surface area contributed by atoms with E-state index < -0.39 is 5.60 Å². The standard InChI is InChI=1S/C34H46N6O4/c1-7-8-13-29-37-30-31(40(29)21-18-38-16-19-39(20-17-38)33(41)44-34(2,3)4)26-11-9-10-12-27(26)36-32(30)35-23-24-14-15-25(42-5)22-28(24)43-6/h9-12,14-15,22H,7-8,13,16-21,23H2,1-6H3,(H,35,36). The number of hydrogen-bond donors (Lipinski definition) is 1. The van der Waals surface area contributed by atoms with Gasteiger partial charge in [0.25, 0.3) is 0 Å². The number of hydrogen-bond acceptors (Lipinski definition) is 8. The number of nitrogens with one attached hydrogen (secondary N) is 1. The van der Waals surface area contributed by atoms with Crippen molar-refractivity contribution in [1.29, 1.82) is 0 Å². The molecule has 10 nitrogen and oxygen atoms in total. The summed E-state index contributed by atoms with van der Waals surface area (Å²) >= 11 is 0. The van der Waals surface area contributed by atoms with Crippen LogP contribution in [0.5, 0.6) is 11.5 Å². The van der Waals surface area contributed by atoms with Gasteiger partial charge in [-0.1, -0.05) is 31.5 Å². The molecule has 236 valence electrons. The predicted molar refractivity (Wildman–Crippen MR) is 175 cm³/mol. The first-order valence-corrected chi connectivity index (χ1v) is 15.6. The van der Waals surface area contributed by atoms with Crippen molar-refractivity contribution in [3.63, 3.8) is 0 Å². The van der Waals surface area contributed by atoms with Gasteiger partial charge in [0.15, 0.2) is 5.82 Å². The number of aryl methyl sites for hydroxylation is 1. The second-order valence-corrected chi connectivity index (χ2v) is 12.3. The number of aromatic nitrogens is 3. The summed E-state index contributed by atoms with van der Waals surface area (Å²) in [6.45, 7) is 13.1. The number of benzene rings is 2. The number of methoxy groups -OCH3 is 2. The van der Waals surface area contributed by atoms with Gasteiger partial charge in [0.05, 0.1) is 25.3 Å². The molecule has 0 spiro atoms. The van der Waals surface area contributed by atoms with Crippen LogP contribution in [-0.4, -0.2) is 83.0 Å². The Morgan fingerprint density at radius 3 is 2.45 bits per heavy atom. The zero-order chi connectivity index (χ0) is 31.3. The summed E-state index contributed by atoms with van der Waals surface area (Å²) in [6, 6.07) is 14.1. The number of carbonyl (C=O) groups is 1. The minimum absolute atomic E-state index is 0.231. The van der Waals surface area contributed by atoms with Gasteiger partial charge in [-0.05, 0) is 45.4 Å². The first kappa shape index (κ1) is 31.4. The summed E-state index contributed by atoms with van der Waals surface area (Å²) in [5.41, 5.74) is 3.44. The summed E-state index contributed by atoms with van der Waals surface area (Å²) in [7, 11) is 3.32. The number of carbonyl (C=O) groups excluding carboxylic acids is 1. The molecular formula is C34H46N6O4. The van der Waals surface area contributed by atoms with Crippen molar-refractivity contribution in [3.05, 3.63) is 53.9 Å². The van der Waals surface area contributed by atoms with E-state index in [1.54, 1.807) is 14.2 Å². The van der Waals surface area contributed by atoms with Crippen LogP contribution in [0.1, 0.15) is 51.9 Å². The van der Waals surface area contributed by atoms with E-state index in [4.69, 9.17) is 24.2 Å². The molecule has 0 aliphatic carbocycles. The molecule has 1 saturated heterocycles. The number of amides is 1. The fourth-order valence-corrected chi connectivity index (χ4v) is 5.67. The number of imidazole rings is 1. The van der Waals surface area contributed by atoms with Crippen LogP contribution >= 0.6 is 0 Å². The Labute approximate surface area is 260 Å². The number of ether oxygens (including phenoxy) is 3. The van der Waals surface area contributed by atoms with Crippen molar-refractivity contribution >= 4 is 33.8 Å². The number of anilines is 1. The monoisotopic (exact) mass is 602 g/mol. The molecule has 0 saturated carbocycles. The van der Waals surface area contributed by atoms with Crippen LogP contribution in [-0.2, 0) is 24.2 Å². The highest BCUT2D eigenvalue weighted by Gasteiger charge is 2.26. The van der Waals surface area contributed by atoms with Gasteiger partial charge >= 0.3 is 6.09 Å². The highest BCUT2D eigenvalue weighted by molar-refractivity contribution is 6.07. The second kappa shape index (κ2) is 13.7. The van der Waals surface area contributed by atoms with Gasteiger partial charge in [-0.15, -0.1) is 0 Å². The molecule has 1 aliphatic rings. The molecule has 4 aromatic rings. The molecule has 44 heavy (non-hydrogen) atoms. The van der Waals surface area contributed by atoms with E-state index in [2.05, 4.69) is 39.9 Å². The van der Waals surface area contributed by atoms with Crippen LogP contribution in [0.4, 0.5) is 10.6 Å². The summed E-state index contributed by atoms with van der Waals surface area (Å²) in [5.74, 6) is 3.36. The van der Waals surface area contributed by atoms with Crippen LogP contribution in [0.25, 0.3) is 21.9 Å². The summed E-state index contributed by atoms with van der Waals surface area (Å²) in [6.07, 6.45) is 2.83. The van der Waals surface area contributed by atoms with Crippen molar-refractivity contribution < 1.29 is 19.0 Å². The van der Waals surface area contributed by atoms with Crippen LogP contribution in [0.2, 0.25) is 0 Å². The number of piperazine rings is 1. The number of para-hydroxylation sites is 1. The number of pyridine rings is 1. The predicted octanol–water partition coefficient (Wildman–Crippen LogP) is 6.11. The van der Waals surface area contributed by atoms with Crippen LogP contribution in [0.15, 0.2) is 42.5 Å². The van der Waals surface area contributed by atoms with E-state index in [1.807, 2.05) is 49.9 Å². The molecule has 10 heteroatoms. The Hall–Kier alpha value is -4.05. The van der Waals surface area contributed by atoms with Gasteiger partial charge < -0.3 is 29.0 Å². The summed E-state index contributed by atoms with van der Waals surface area (Å²) in [5, 5.41) is 4.67. The normalized spacial score (nSPS) is 14.3. The SMILES string of the molecule is CCCCc1nc2c(NCc3ccc(OC)cc3OC)nc3ccccc3c2n1CCN1CCN(C(=O)OC(C)(C)C)CC1. The molecule has 5 rings (SSSR count). The maximum atomic E-state index is 12.6. The van der Waals surface area contributed by atoms with E-state index in [-0.39, 0.29) is 6.09 Å². The highest BCUT2D eigenvalue weighted by atomic mass is 16.6. The average Bonchev–Trinajstić information content (AvgIpc) is 3.39. The van der Waals surface area contributed by atoms with Crippen molar-refractivity contribution in [3.8, 4) is 11.5 Å². The lowest BCUT2D eigenvalue weighted by Crippen LogP contribution is -2.50. The van der Waals surface area contributed by atoms with E-state index in [0.29, 0.717) is 19.6 Å². The highest BCUT2D eigenvalue weighted by Crippen LogP contribution is 2.32. The number of unbranched alkanes of at least 4 members (excludes halogenated alkanes) is 1. The molecule has 0 bridgehead atoms. The number of nitrogens with zero attached hydrogens (tertiary/aromatic N) is 5. The fraction of sp³-hybridized carbons (Fsp3) is 0.500. The van der Waals surface area contributed by atoms with E-state index in [9.17, 15) is 4.79 Å². The van der Waals surface area contributed by atoms with Gasteiger partial charge in [0.2, 0.25) is 0 Å². The third-order valence-corrected chi connectivity index (χ3v) is 8.02. The number of rotatable bonds is 11. The first-order chi connectivity index (χ1) is 21.2. The maximum absolute atomic E-state index is 12.6. The van der Waals surface area contributed by atoms with Gasteiger partial charge in [-0.25, -0.2) is 14.8 Å². The first-order valence-electron chi connectivity index (χ1n) is 15.6. The molecule has 3 heterocycles. The van der Waals surface area contributed by atoms with Crippen LogP contribution in [0.3, 0.4) is 0 Å². The Morgan fingerprint density at radius 2 is 1.75 bits per heavy atom. The largest absolute Gasteiger partial charge is 0.497 e. The topological polar surface area (TPSA) is 94.0 Å². The fourth-order valence-electron chi connectivity index (χ4n) is 5.67. The molecule has 0 unspecified atom stereocenters. The van der Waals surface area contributed by atoms with Gasteiger partial charge in [0.1, 0.15) is 28.4 Å². The van der Waals surface area contributed by atoms with Gasteiger partial charge in [-0.2, -0.15) is 0 Å². The molecular weight excluding hydrogens is 556 g/mol. The number of fused-ring (bicyclic) bond motifs is 3. The molecule has 0 radical (unpaired) electrons. The Bertz CT molecular complexity index is 1590. The quantitative estimate of drug-likeness (QED) is 0.220. The van der Waals surface area contributed by atoms with Crippen LogP contribution in [0, 0.1) is 0 Å². The zero-order valence-electron chi connectivity index (χ0n) is 27.0. The third kappa shape index (κ3) is 7.18. The van der Waals surface area contributed by atoms with Crippen molar-refractivity contribution in [2.24, 2.45) is 0 Å². The maximum Gasteiger partial charge on any atom is 0.410 e. The molecule has 2 aromatic heterocycles. The van der Waals surface area contributed by atoms with E-state index in [0.717, 1.165) is 96.1 Å². The van der Waals surface area contributed by atoms with Crippen molar-refractivity contribution in [2.45, 2.75) is 65.6 Å². The lowest BCUT2D eigenvalue weighted by atomic mass is 10.1. The molecule has 1 amide bonds. The zero-order valence-corrected chi connectivity index (χ0v) is 27.0. The average molecular weight is 603 g/mol. The lowest BCUT2D eigenvalue weighted by Gasteiger charge is -2.35. The Morgan fingerprint density at radius 1 is 0.977 bits per heavy atom. The van der Waals surface area contributed by atoms with Crippen molar-refractivity contribution in [2.75, 3.05) is 52.3 Å². The molecule has 1 fully saturated rings. The Balaban J connectivity index is 1.41. The molecule has 0 atom stereocenters. The molecule has 2 aromatic carbocycles. The van der Waals surface area contributed by atoms with E-state index >= 15 is 0 Å². The van der Waals surface area contributed by atoms with E-state index in [1.165, 1.54) is 0 Å². The summed E-state index contributed by atoms with van der Waals surface area (Å²) in [4.78, 5) is 27.1. The Kier molecular flexibility index (Phi) is 9.78. The lowest BCUT2D eigenvalue weighted by molar-refractivity contribution is 0.0143. The van der Waals surface area contributed by atoms with Crippen LogP contribution < -0.4 is 14.8 Å². The van der Waals surface area contributed by atoms with Crippen molar-refractivity contribution in [1.82, 2.24) is 24.3 Å². The smallest absolute Gasteiger partial charge is 0.410 e.